The molecule has 0 fully saturated rings. The van der Waals surface area contributed by atoms with Crippen LogP contribution in [0.1, 0.15) is 37.0 Å². The van der Waals surface area contributed by atoms with E-state index in [-0.39, 0.29) is 17.4 Å². The van der Waals surface area contributed by atoms with E-state index in [0.29, 0.717) is 16.6 Å². The van der Waals surface area contributed by atoms with Crippen LogP contribution in [0.15, 0.2) is 21.4 Å². The van der Waals surface area contributed by atoms with Crippen LogP contribution in [0.5, 0.6) is 0 Å². The lowest BCUT2D eigenvalue weighted by Crippen LogP contribution is -2.13. The lowest BCUT2D eigenvalue weighted by molar-refractivity contribution is 0.0913. The monoisotopic (exact) mass is 310 g/mol. The largest absolute Gasteiger partial charge is 0.323 e. The molecule has 0 unspecified atom stereocenters. The molecule has 0 amide bonds. The lowest BCUT2D eigenvalue weighted by atomic mass is 9.93. The molecule has 96 valence electrons. The first kappa shape index (κ1) is 13.1. The van der Waals surface area contributed by atoms with Crippen molar-refractivity contribution in [3.05, 3.63) is 32.7 Å². The first-order valence-corrected chi connectivity index (χ1v) is 6.81. The van der Waals surface area contributed by atoms with Gasteiger partial charge in [-0.1, -0.05) is 13.8 Å². The number of ketones is 1. The molecular formula is C13H15BrN2O2. The van der Waals surface area contributed by atoms with Crippen molar-refractivity contribution < 1.29 is 4.79 Å². The summed E-state index contributed by atoms with van der Waals surface area (Å²) >= 11 is 3.40. The van der Waals surface area contributed by atoms with Crippen molar-refractivity contribution in [1.82, 2.24) is 9.97 Å². The van der Waals surface area contributed by atoms with Gasteiger partial charge in [0.25, 0.3) is 0 Å². The molecule has 2 N–H and O–H groups in total. The molecule has 0 radical (unpaired) electrons. The van der Waals surface area contributed by atoms with Gasteiger partial charge in [0.15, 0.2) is 5.78 Å². The molecule has 4 nitrogen and oxygen atoms in total. The molecule has 2 rings (SSSR count). The van der Waals surface area contributed by atoms with Crippen LogP contribution in [0.4, 0.5) is 0 Å². The molecular weight excluding hydrogens is 296 g/mol. The number of nitrogens with one attached hydrogen (secondary N) is 2. The van der Waals surface area contributed by atoms with Gasteiger partial charge in [-0.2, -0.15) is 0 Å². The molecule has 18 heavy (non-hydrogen) atoms. The van der Waals surface area contributed by atoms with Crippen LogP contribution >= 0.6 is 15.9 Å². The Morgan fingerprint density at radius 3 is 2.33 bits per heavy atom. The fourth-order valence-electron chi connectivity index (χ4n) is 2.12. The summed E-state index contributed by atoms with van der Waals surface area (Å²) in [4.78, 5) is 28.9. The summed E-state index contributed by atoms with van der Waals surface area (Å²) in [5.41, 5.74) is 1.74. The highest BCUT2D eigenvalue weighted by Crippen LogP contribution is 2.26. The second-order valence-corrected chi connectivity index (χ2v) is 5.19. The molecule has 0 atom stereocenters. The maximum absolute atomic E-state index is 12.3. The van der Waals surface area contributed by atoms with E-state index in [1.54, 1.807) is 12.1 Å². The number of fused-ring (bicyclic) bond motifs is 1. The molecule has 0 bridgehead atoms. The Balaban J connectivity index is 2.53. The molecule has 0 spiro atoms. The van der Waals surface area contributed by atoms with Crippen molar-refractivity contribution in [2.75, 3.05) is 0 Å². The van der Waals surface area contributed by atoms with Crippen LogP contribution in [0.25, 0.3) is 11.0 Å². The topological polar surface area (TPSA) is 65.7 Å². The second-order valence-electron chi connectivity index (χ2n) is 4.33. The quantitative estimate of drug-likeness (QED) is 0.851. The summed E-state index contributed by atoms with van der Waals surface area (Å²) in [6.45, 7) is 4.02. The zero-order chi connectivity index (χ0) is 13.3. The van der Waals surface area contributed by atoms with Crippen LogP contribution < -0.4 is 5.69 Å². The standard InChI is InChI=1S/C13H15BrN2O2/c1-3-7(4-2)12(17)8-5-10-11(6-9(8)14)16-13(18)15-10/h5-7H,3-4H2,1-2H3,(H2,15,16,18). The molecule has 0 aliphatic carbocycles. The number of Topliss-reactive ketones (excluding diaryl/α,β-unsaturated/α-hetero) is 1. The zero-order valence-corrected chi connectivity index (χ0v) is 11.9. The number of hydrogen-bond donors (Lipinski definition) is 2. The van der Waals surface area contributed by atoms with Crippen molar-refractivity contribution in [3.8, 4) is 0 Å². The highest BCUT2D eigenvalue weighted by atomic mass is 79.9. The first-order chi connectivity index (χ1) is 8.56. The Kier molecular flexibility index (Phi) is 3.71. The van der Waals surface area contributed by atoms with Crippen molar-refractivity contribution in [2.24, 2.45) is 5.92 Å². The van der Waals surface area contributed by atoms with Crippen molar-refractivity contribution in [1.29, 1.82) is 0 Å². The Bertz CT molecular complexity index is 638. The lowest BCUT2D eigenvalue weighted by Gasteiger charge is -2.12. The number of rotatable bonds is 4. The van der Waals surface area contributed by atoms with Gasteiger partial charge in [0, 0.05) is 16.0 Å². The summed E-state index contributed by atoms with van der Waals surface area (Å²) in [6, 6.07) is 3.50. The maximum Gasteiger partial charge on any atom is 0.323 e. The van der Waals surface area contributed by atoms with E-state index in [4.69, 9.17) is 0 Å². The van der Waals surface area contributed by atoms with E-state index < -0.39 is 0 Å². The first-order valence-electron chi connectivity index (χ1n) is 6.02. The minimum atomic E-state index is -0.260. The molecule has 2 aromatic rings. The highest BCUT2D eigenvalue weighted by Gasteiger charge is 2.19. The minimum absolute atomic E-state index is 0.0319. The van der Waals surface area contributed by atoms with Gasteiger partial charge in [0.05, 0.1) is 11.0 Å². The van der Waals surface area contributed by atoms with Crippen LogP contribution in [0.3, 0.4) is 0 Å². The van der Waals surface area contributed by atoms with Crippen molar-refractivity contribution in [3.63, 3.8) is 0 Å². The predicted molar refractivity (Wildman–Crippen MR) is 75.0 cm³/mol. The molecule has 0 saturated carbocycles. The van der Waals surface area contributed by atoms with E-state index >= 15 is 0 Å². The normalized spacial score (nSPS) is 11.3. The molecule has 0 saturated heterocycles. The van der Waals surface area contributed by atoms with Gasteiger partial charge < -0.3 is 9.97 Å². The number of halogens is 1. The van der Waals surface area contributed by atoms with Crippen molar-refractivity contribution >= 4 is 32.7 Å². The van der Waals surface area contributed by atoms with Gasteiger partial charge in [0.1, 0.15) is 0 Å². The summed E-state index contributed by atoms with van der Waals surface area (Å²) in [5.74, 6) is 0.153. The number of carbonyl (C=O) groups excluding carboxylic acids is 1. The van der Waals surface area contributed by atoms with E-state index in [9.17, 15) is 9.59 Å². The molecule has 0 aliphatic heterocycles. The average Bonchev–Trinajstić information content (AvgIpc) is 2.68. The summed E-state index contributed by atoms with van der Waals surface area (Å²) in [7, 11) is 0. The van der Waals surface area contributed by atoms with E-state index in [0.717, 1.165) is 17.3 Å². The Morgan fingerprint density at radius 1 is 1.22 bits per heavy atom. The molecule has 5 heteroatoms. The van der Waals surface area contributed by atoms with Gasteiger partial charge in [-0.05, 0) is 40.9 Å². The minimum Gasteiger partial charge on any atom is -0.306 e. The fourth-order valence-corrected chi connectivity index (χ4v) is 2.66. The van der Waals surface area contributed by atoms with Crippen LogP contribution in [0, 0.1) is 5.92 Å². The smallest absolute Gasteiger partial charge is 0.306 e. The number of benzene rings is 1. The van der Waals surface area contributed by atoms with Gasteiger partial charge >= 0.3 is 5.69 Å². The van der Waals surface area contributed by atoms with Gasteiger partial charge in [-0.25, -0.2) is 4.79 Å². The third kappa shape index (κ3) is 2.27. The van der Waals surface area contributed by atoms with E-state index in [1.165, 1.54) is 0 Å². The predicted octanol–water partition coefficient (Wildman–Crippen LogP) is 3.24. The summed E-state index contributed by atoms with van der Waals surface area (Å²) in [5, 5.41) is 0. The number of imidazole rings is 1. The second kappa shape index (κ2) is 5.10. The Morgan fingerprint density at radius 2 is 1.78 bits per heavy atom. The highest BCUT2D eigenvalue weighted by molar-refractivity contribution is 9.10. The third-order valence-corrected chi connectivity index (χ3v) is 3.88. The number of aromatic amines is 2. The fraction of sp³-hybridized carbons (Fsp3) is 0.385. The zero-order valence-electron chi connectivity index (χ0n) is 10.3. The molecule has 1 aromatic carbocycles. The number of aromatic nitrogens is 2. The Labute approximate surface area is 113 Å². The number of hydrogen-bond acceptors (Lipinski definition) is 2. The average molecular weight is 311 g/mol. The van der Waals surface area contributed by atoms with Crippen LogP contribution in [-0.4, -0.2) is 15.8 Å². The van der Waals surface area contributed by atoms with E-state index in [2.05, 4.69) is 25.9 Å². The molecule has 1 aromatic heterocycles. The van der Waals surface area contributed by atoms with E-state index in [1.807, 2.05) is 13.8 Å². The molecule has 1 heterocycles. The molecule has 0 aliphatic rings. The summed E-state index contributed by atoms with van der Waals surface area (Å²) in [6.07, 6.45) is 1.65. The maximum atomic E-state index is 12.3. The Hall–Kier alpha value is -1.36. The van der Waals surface area contributed by atoms with Gasteiger partial charge in [-0.15, -0.1) is 0 Å². The third-order valence-electron chi connectivity index (χ3n) is 3.23. The number of carbonyl (C=O) groups is 1. The number of H-pyrrole nitrogens is 2. The van der Waals surface area contributed by atoms with Gasteiger partial charge in [0.2, 0.25) is 0 Å². The van der Waals surface area contributed by atoms with Gasteiger partial charge in [-0.3, -0.25) is 4.79 Å². The summed E-state index contributed by atoms with van der Waals surface area (Å²) < 4.78 is 0.724. The van der Waals surface area contributed by atoms with Crippen molar-refractivity contribution in [2.45, 2.75) is 26.7 Å². The van der Waals surface area contributed by atoms with Crippen LogP contribution in [-0.2, 0) is 0 Å². The SMILES string of the molecule is CCC(CC)C(=O)c1cc2[nH]c(=O)[nH]c2cc1Br. The van der Waals surface area contributed by atoms with Crippen LogP contribution in [0.2, 0.25) is 0 Å².